The van der Waals surface area contributed by atoms with Crippen LogP contribution >= 0.6 is 0 Å². The minimum atomic E-state index is -0.494. The lowest BCUT2D eigenvalue weighted by molar-refractivity contribution is -0.933. The van der Waals surface area contributed by atoms with Gasteiger partial charge in [0.2, 0.25) is 0 Å². The van der Waals surface area contributed by atoms with Gasteiger partial charge in [0.05, 0.1) is 6.54 Å². The van der Waals surface area contributed by atoms with E-state index in [-0.39, 0.29) is 5.91 Å². The van der Waals surface area contributed by atoms with E-state index in [0.29, 0.717) is 6.54 Å². The topological polar surface area (TPSA) is 65.9 Å². The average Bonchev–Trinajstić information content (AvgIpc) is 2.68. The highest BCUT2D eigenvalue weighted by Crippen LogP contribution is 2.13. The molecule has 0 bridgehead atoms. The van der Waals surface area contributed by atoms with E-state index in [1.165, 1.54) is 7.05 Å². The molecular formula is C21H29N4O2+. The number of benzene rings is 2. The molecule has 0 radical (unpaired) electrons. The van der Waals surface area contributed by atoms with Gasteiger partial charge in [0.25, 0.3) is 5.91 Å². The number of amides is 3. The van der Waals surface area contributed by atoms with E-state index in [0.717, 1.165) is 28.3 Å². The number of carbonyl (C=O) groups is 2. The van der Waals surface area contributed by atoms with Gasteiger partial charge in [0, 0.05) is 38.0 Å². The van der Waals surface area contributed by atoms with Crippen LogP contribution in [0.4, 0.5) is 10.5 Å². The van der Waals surface area contributed by atoms with Crippen molar-refractivity contribution in [3.8, 4) is 0 Å². The molecule has 144 valence electrons. The van der Waals surface area contributed by atoms with Crippen LogP contribution in [0.3, 0.4) is 0 Å². The molecule has 6 nitrogen and oxygen atoms in total. The Morgan fingerprint density at radius 2 is 1.67 bits per heavy atom. The summed E-state index contributed by atoms with van der Waals surface area (Å²) in [5.74, 6) is -0.303. The molecular weight excluding hydrogens is 340 g/mol. The van der Waals surface area contributed by atoms with Crippen molar-refractivity contribution in [2.45, 2.75) is 19.5 Å². The fraction of sp³-hybridized carbons (Fsp3) is 0.333. The highest BCUT2D eigenvalue weighted by Gasteiger charge is 2.31. The molecule has 0 heterocycles. The van der Waals surface area contributed by atoms with Crippen LogP contribution in [0.2, 0.25) is 0 Å². The normalized spacial score (nSPS) is 12.7. The summed E-state index contributed by atoms with van der Waals surface area (Å²) in [5.41, 5.74) is 3.17. The number of quaternary nitrogens is 1. The zero-order chi connectivity index (χ0) is 19.8. The molecule has 3 amide bonds. The number of carbonyl (C=O) groups excluding carboxylic acids is 2. The molecule has 2 aromatic rings. The van der Waals surface area contributed by atoms with Gasteiger partial charge in [-0.2, -0.15) is 0 Å². The second-order valence-corrected chi connectivity index (χ2v) is 6.66. The fourth-order valence-electron chi connectivity index (χ4n) is 3.07. The Labute approximate surface area is 161 Å². The molecule has 0 saturated carbocycles. The number of rotatable bonds is 7. The average molecular weight is 369 g/mol. The summed E-state index contributed by atoms with van der Waals surface area (Å²) < 4.78 is 0. The third-order valence-corrected chi connectivity index (χ3v) is 4.61. The number of urea groups is 1. The second kappa shape index (κ2) is 9.73. The van der Waals surface area contributed by atoms with Crippen molar-refractivity contribution in [3.05, 3.63) is 65.7 Å². The number of imide groups is 1. The number of hydrogen-bond acceptors (Lipinski definition) is 3. The molecule has 2 rings (SSSR count). The second-order valence-electron chi connectivity index (χ2n) is 6.66. The molecule has 0 aromatic heterocycles. The number of nitrogens with zero attached hydrogens (tertiary/aromatic N) is 1. The summed E-state index contributed by atoms with van der Waals surface area (Å²) in [6.45, 7) is 3.48. The molecule has 6 heteroatoms. The first-order valence-electron chi connectivity index (χ1n) is 9.14. The zero-order valence-electron chi connectivity index (χ0n) is 16.5. The summed E-state index contributed by atoms with van der Waals surface area (Å²) in [7, 11) is 5.51. The number of hydrogen-bond donors (Lipinski definition) is 3. The Bertz CT molecular complexity index is 745. The Hall–Kier alpha value is -2.86. The van der Waals surface area contributed by atoms with E-state index in [2.05, 4.69) is 39.8 Å². The third kappa shape index (κ3) is 5.56. The summed E-state index contributed by atoms with van der Waals surface area (Å²) >= 11 is 0. The molecule has 2 aromatic carbocycles. The smallest absolute Gasteiger partial charge is 0.321 e. The van der Waals surface area contributed by atoms with Gasteiger partial charge in [0.15, 0.2) is 6.04 Å². The standard InChI is InChI=1S/C21H28N4O2/c1-5-25(15-16-11-13-18(14-12-16)24(3)4)19(17-9-7-6-8-10-17)20(26)23-21(27)22-2/h6-14,19H,5,15H2,1-4H3,(H2,22,23,26,27)/p+1/t19-/m1/s1. The first-order valence-corrected chi connectivity index (χ1v) is 9.14. The fourth-order valence-corrected chi connectivity index (χ4v) is 3.07. The van der Waals surface area contributed by atoms with Crippen molar-refractivity contribution in [1.82, 2.24) is 10.6 Å². The Balaban J connectivity index is 2.27. The van der Waals surface area contributed by atoms with E-state index < -0.39 is 12.1 Å². The molecule has 0 saturated heterocycles. The van der Waals surface area contributed by atoms with Gasteiger partial charge in [-0.1, -0.05) is 42.5 Å². The molecule has 0 spiro atoms. The maximum atomic E-state index is 12.8. The minimum absolute atomic E-state index is 0.303. The van der Waals surface area contributed by atoms with Crippen molar-refractivity contribution in [3.63, 3.8) is 0 Å². The zero-order valence-corrected chi connectivity index (χ0v) is 16.5. The van der Waals surface area contributed by atoms with Gasteiger partial charge in [-0.05, 0) is 19.1 Å². The molecule has 1 unspecified atom stereocenters. The van der Waals surface area contributed by atoms with Gasteiger partial charge in [-0.25, -0.2) is 4.79 Å². The monoisotopic (exact) mass is 369 g/mol. The van der Waals surface area contributed by atoms with Crippen molar-refractivity contribution in [2.75, 3.05) is 32.6 Å². The number of anilines is 1. The lowest BCUT2D eigenvalue weighted by atomic mass is 10.0. The molecule has 2 atom stereocenters. The molecule has 0 aliphatic rings. The number of nitrogens with one attached hydrogen (secondary N) is 3. The number of likely N-dealkylation sites (N-methyl/N-ethyl adjacent to an activating group) is 1. The maximum absolute atomic E-state index is 12.8. The summed E-state index contributed by atoms with van der Waals surface area (Å²) in [4.78, 5) is 27.6. The van der Waals surface area contributed by atoms with Gasteiger partial charge in [-0.15, -0.1) is 0 Å². The predicted octanol–water partition coefficient (Wildman–Crippen LogP) is 1.35. The first kappa shape index (κ1) is 20.5. The molecule has 0 aliphatic heterocycles. The van der Waals surface area contributed by atoms with Crippen molar-refractivity contribution in [2.24, 2.45) is 0 Å². The van der Waals surface area contributed by atoms with Crippen molar-refractivity contribution < 1.29 is 14.5 Å². The van der Waals surface area contributed by atoms with E-state index in [4.69, 9.17) is 0 Å². The molecule has 27 heavy (non-hydrogen) atoms. The molecule has 0 fully saturated rings. The quantitative estimate of drug-likeness (QED) is 0.690. The lowest BCUT2D eigenvalue weighted by Gasteiger charge is -2.27. The lowest BCUT2D eigenvalue weighted by Crippen LogP contribution is -3.12. The van der Waals surface area contributed by atoms with Crippen LogP contribution in [-0.4, -0.2) is 39.6 Å². The van der Waals surface area contributed by atoms with Gasteiger partial charge in [0.1, 0.15) is 6.54 Å². The highest BCUT2D eigenvalue weighted by atomic mass is 16.2. The van der Waals surface area contributed by atoms with Crippen LogP contribution in [0.15, 0.2) is 54.6 Å². The van der Waals surface area contributed by atoms with Crippen molar-refractivity contribution >= 4 is 17.6 Å². The van der Waals surface area contributed by atoms with Crippen molar-refractivity contribution in [1.29, 1.82) is 0 Å². The Morgan fingerprint density at radius 1 is 1.04 bits per heavy atom. The van der Waals surface area contributed by atoms with E-state index in [9.17, 15) is 9.59 Å². The Kier molecular flexibility index (Phi) is 7.37. The van der Waals surface area contributed by atoms with E-state index in [1.54, 1.807) is 0 Å². The highest BCUT2D eigenvalue weighted by molar-refractivity contribution is 5.96. The first-order chi connectivity index (χ1) is 13.0. The third-order valence-electron chi connectivity index (χ3n) is 4.61. The van der Waals surface area contributed by atoms with Crippen LogP contribution < -0.4 is 20.4 Å². The SMILES string of the molecule is CC[NH+](Cc1ccc(N(C)C)cc1)[C@@H](C(=O)NC(=O)NC)c1ccccc1. The molecule has 0 aliphatic carbocycles. The molecule has 3 N–H and O–H groups in total. The van der Waals surface area contributed by atoms with Crippen LogP contribution in [0.1, 0.15) is 24.1 Å². The van der Waals surface area contributed by atoms with E-state index in [1.807, 2.05) is 51.4 Å². The van der Waals surface area contributed by atoms with Gasteiger partial charge < -0.3 is 15.1 Å². The van der Waals surface area contributed by atoms with Crippen LogP contribution in [0, 0.1) is 0 Å². The van der Waals surface area contributed by atoms with E-state index >= 15 is 0 Å². The summed E-state index contributed by atoms with van der Waals surface area (Å²) in [6, 6.07) is 17.0. The van der Waals surface area contributed by atoms with Crippen LogP contribution in [0.25, 0.3) is 0 Å². The Morgan fingerprint density at radius 3 is 2.19 bits per heavy atom. The maximum Gasteiger partial charge on any atom is 0.321 e. The minimum Gasteiger partial charge on any atom is -0.378 e. The van der Waals surface area contributed by atoms with Gasteiger partial charge in [-0.3, -0.25) is 10.1 Å². The largest absolute Gasteiger partial charge is 0.378 e. The summed E-state index contributed by atoms with van der Waals surface area (Å²) in [6.07, 6.45) is 0. The predicted molar refractivity (Wildman–Crippen MR) is 108 cm³/mol. The van der Waals surface area contributed by atoms with Crippen LogP contribution in [-0.2, 0) is 11.3 Å². The van der Waals surface area contributed by atoms with Crippen LogP contribution in [0.5, 0.6) is 0 Å². The summed E-state index contributed by atoms with van der Waals surface area (Å²) in [5, 5.41) is 4.88. The van der Waals surface area contributed by atoms with Gasteiger partial charge >= 0.3 is 6.03 Å².